The molecule has 0 spiro atoms. The predicted molar refractivity (Wildman–Crippen MR) is 107 cm³/mol. The van der Waals surface area contributed by atoms with Crippen LogP contribution >= 0.6 is 0 Å². The molecule has 1 fully saturated rings. The summed E-state index contributed by atoms with van der Waals surface area (Å²) in [6.45, 7) is 2.42. The van der Waals surface area contributed by atoms with E-state index in [0.717, 1.165) is 11.0 Å². The Bertz CT molecular complexity index is 881. The minimum atomic E-state index is -0.559. The van der Waals surface area contributed by atoms with Crippen LogP contribution in [0.2, 0.25) is 0 Å². The van der Waals surface area contributed by atoms with Gasteiger partial charge in [0.25, 0.3) is 17.7 Å². The molecule has 2 aliphatic heterocycles. The summed E-state index contributed by atoms with van der Waals surface area (Å²) in [5.41, 5.74) is 0.763. The Labute approximate surface area is 174 Å². The van der Waals surface area contributed by atoms with E-state index in [9.17, 15) is 19.2 Å². The number of carbonyl (C=O) groups is 4. The molecular formula is C21H25N3O6. The summed E-state index contributed by atoms with van der Waals surface area (Å²) >= 11 is 0. The van der Waals surface area contributed by atoms with Gasteiger partial charge < -0.3 is 20.1 Å². The first-order valence-corrected chi connectivity index (χ1v) is 9.96. The average Bonchev–Trinajstić information content (AvgIpc) is 3.01. The van der Waals surface area contributed by atoms with Gasteiger partial charge in [-0.3, -0.25) is 24.1 Å². The first kappa shape index (κ1) is 21.5. The van der Waals surface area contributed by atoms with Crippen molar-refractivity contribution in [1.82, 2.24) is 9.80 Å². The Kier molecular flexibility index (Phi) is 6.83. The number of hydrogen-bond acceptors (Lipinski definition) is 7. The number of ether oxygens (including phenoxy) is 1. The SMILES string of the molecule is CCOC(=O)C1CCCN(C(=O)c2ccccc2NC2=CC(=O)N(CCO)C2=O)C1. The lowest BCUT2D eigenvalue weighted by atomic mass is 9.97. The van der Waals surface area contributed by atoms with E-state index < -0.39 is 11.8 Å². The highest BCUT2D eigenvalue weighted by Crippen LogP contribution is 2.25. The Morgan fingerprint density at radius 3 is 2.77 bits per heavy atom. The molecule has 2 aliphatic rings. The fraction of sp³-hybridized carbons (Fsp3) is 0.429. The molecule has 1 aromatic carbocycles. The fourth-order valence-corrected chi connectivity index (χ4v) is 3.62. The molecule has 9 heteroatoms. The maximum Gasteiger partial charge on any atom is 0.310 e. The van der Waals surface area contributed by atoms with Crippen LogP contribution < -0.4 is 5.32 Å². The normalized spacial score (nSPS) is 19.0. The number of imide groups is 1. The molecule has 0 radical (unpaired) electrons. The third kappa shape index (κ3) is 4.51. The topological polar surface area (TPSA) is 116 Å². The molecule has 0 aromatic heterocycles. The van der Waals surface area contributed by atoms with Gasteiger partial charge in [0.2, 0.25) is 0 Å². The zero-order valence-electron chi connectivity index (χ0n) is 16.8. The van der Waals surface area contributed by atoms with Gasteiger partial charge in [-0.05, 0) is 31.9 Å². The second kappa shape index (κ2) is 9.53. The van der Waals surface area contributed by atoms with Crippen LogP contribution in [0.5, 0.6) is 0 Å². The standard InChI is InChI=1S/C21H25N3O6/c1-2-30-21(29)14-6-5-9-23(13-14)19(27)15-7-3-4-8-16(15)22-17-12-18(26)24(10-11-25)20(17)28/h3-4,7-8,12,14,22,25H,2,5-6,9-11,13H2,1H3. The van der Waals surface area contributed by atoms with E-state index in [2.05, 4.69) is 5.32 Å². The Balaban J connectivity index is 1.76. The highest BCUT2D eigenvalue weighted by atomic mass is 16.5. The number of esters is 1. The summed E-state index contributed by atoms with van der Waals surface area (Å²) in [5.74, 6) is -2.00. The summed E-state index contributed by atoms with van der Waals surface area (Å²) in [5, 5.41) is 11.9. The first-order chi connectivity index (χ1) is 14.5. The molecule has 1 atom stereocenters. The fourth-order valence-electron chi connectivity index (χ4n) is 3.62. The number of nitrogens with zero attached hydrogens (tertiary/aromatic N) is 2. The smallest absolute Gasteiger partial charge is 0.310 e. The summed E-state index contributed by atoms with van der Waals surface area (Å²) < 4.78 is 5.09. The quantitative estimate of drug-likeness (QED) is 0.499. The van der Waals surface area contributed by atoms with E-state index in [-0.39, 0.29) is 43.2 Å². The number of aliphatic hydroxyl groups excluding tert-OH is 1. The van der Waals surface area contributed by atoms with E-state index in [1.54, 1.807) is 36.1 Å². The predicted octanol–water partition coefficient (Wildman–Crippen LogP) is 0.759. The average molecular weight is 415 g/mol. The number of likely N-dealkylation sites (tertiary alicyclic amines) is 1. The van der Waals surface area contributed by atoms with Crippen LogP contribution in [0.1, 0.15) is 30.1 Å². The number of piperidine rings is 1. The van der Waals surface area contributed by atoms with Gasteiger partial charge in [0.1, 0.15) is 5.70 Å². The van der Waals surface area contributed by atoms with Crippen LogP contribution in [0.3, 0.4) is 0 Å². The lowest BCUT2D eigenvalue weighted by Crippen LogP contribution is -2.43. The second-order valence-electron chi connectivity index (χ2n) is 7.09. The maximum absolute atomic E-state index is 13.2. The summed E-state index contributed by atoms with van der Waals surface area (Å²) in [6, 6.07) is 6.70. The van der Waals surface area contributed by atoms with Crippen molar-refractivity contribution in [3.8, 4) is 0 Å². The molecule has 3 amide bonds. The number of amides is 3. The molecule has 0 aliphatic carbocycles. The highest BCUT2D eigenvalue weighted by Gasteiger charge is 2.33. The number of rotatable bonds is 7. The van der Waals surface area contributed by atoms with Crippen molar-refractivity contribution in [3.05, 3.63) is 41.6 Å². The number of anilines is 1. The Morgan fingerprint density at radius 2 is 2.03 bits per heavy atom. The van der Waals surface area contributed by atoms with Crippen LogP contribution in [0.15, 0.2) is 36.0 Å². The largest absolute Gasteiger partial charge is 0.466 e. The van der Waals surface area contributed by atoms with Gasteiger partial charge in [-0.15, -0.1) is 0 Å². The van der Waals surface area contributed by atoms with Crippen LogP contribution in [0, 0.1) is 5.92 Å². The summed E-state index contributed by atoms with van der Waals surface area (Å²) in [4.78, 5) is 52.1. The van der Waals surface area contributed by atoms with Crippen molar-refractivity contribution in [1.29, 1.82) is 0 Å². The molecule has 160 valence electrons. The lowest BCUT2D eigenvalue weighted by Gasteiger charge is -2.32. The zero-order valence-corrected chi connectivity index (χ0v) is 16.8. The van der Waals surface area contributed by atoms with Crippen LogP contribution in [0.25, 0.3) is 0 Å². The van der Waals surface area contributed by atoms with Gasteiger partial charge >= 0.3 is 5.97 Å². The molecule has 2 heterocycles. The van der Waals surface area contributed by atoms with E-state index in [1.165, 1.54) is 0 Å². The lowest BCUT2D eigenvalue weighted by molar-refractivity contribution is -0.149. The number of β-amino-alcohol motifs (C(OH)–C–C–N with tert-alkyl or cyclic N) is 1. The van der Waals surface area contributed by atoms with Crippen molar-refractivity contribution < 1.29 is 29.0 Å². The first-order valence-electron chi connectivity index (χ1n) is 9.96. The molecule has 0 bridgehead atoms. The van der Waals surface area contributed by atoms with Gasteiger partial charge in [-0.2, -0.15) is 0 Å². The number of nitrogens with one attached hydrogen (secondary N) is 1. The van der Waals surface area contributed by atoms with Crippen LogP contribution in [0.4, 0.5) is 5.69 Å². The molecule has 1 aromatic rings. The molecule has 30 heavy (non-hydrogen) atoms. The molecule has 1 unspecified atom stereocenters. The number of aliphatic hydroxyl groups is 1. The van der Waals surface area contributed by atoms with Gasteiger partial charge in [-0.1, -0.05) is 12.1 Å². The summed E-state index contributed by atoms with van der Waals surface area (Å²) in [7, 11) is 0. The van der Waals surface area contributed by atoms with Gasteiger partial charge in [0.15, 0.2) is 0 Å². The minimum Gasteiger partial charge on any atom is -0.466 e. The van der Waals surface area contributed by atoms with Gasteiger partial charge in [0, 0.05) is 19.2 Å². The molecule has 3 rings (SSSR count). The van der Waals surface area contributed by atoms with E-state index in [4.69, 9.17) is 9.84 Å². The van der Waals surface area contributed by atoms with Crippen molar-refractivity contribution in [2.45, 2.75) is 19.8 Å². The van der Waals surface area contributed by atoms with Crippen molar-refractivity contribution in [3.63, 3.8) is 0 Å². The Morgan fingerprint density at radius 1 is 1.27 bits per heavy atom. The van der Waals surface area contributed by atoms with Crippen LogP contribution in [-0.2, 0) is 19.1 Å². The van der Waals surface area contributed by atoms with E-state index in [1.807, 2.05) is 0 Å². The number of benzene rings is 1. The van der Waals surface area contributed by atoms with Gasteiger partial charge in [0.05, 0.1) is 36.9 Å². The highest BCUT2D eigenvalue weighted by molar-refractivity contribution is 6.18. The second-order valence-corrected chi connectivity index (χ2v) is 7.09. The van der Waals surface area contributed by atoms with Crippen LogP contribution in [-0.4, -0.2) is 71.4 Å². The number of carbonyl (C=O) groups excluding carboxylic acids is 4. The van der Waals surface area contributed by atoms with Gasteiger partial charge in [-0.25, -0.2) is 0 Å². The maximum atomic E-state index is 13.2. The zero-order chi connectivity index (χ0) is 21.7. The number of para-hydroxylation sites is 1. The van der Waals surface area contributed by atoms with E-state index >= 15 is 0 Å². The van der Waals surface area contributed by atoms with Crippen molar-refractivity contribution >= 4 is 29.4 Å². The molecule has 9 nitrogen and oxygen atoms in total. The molecule has 2 N–H and O–H groups in total. The molecular weight excluding hydrogens is 390 g/mol. The minimum absolute atomic E-state index is 0.0387. The Hall–Kier alpha value is -3.20. The molecule has 1 saturated heterocycles. The monoisotopic (exact) mass is 415 g/mol. The molecule has 0 saturated carbocycles. The van der Waals surface area contributed by atoms with E-state index in [0.29, 0.717) is 37.2 Å². The third-order valence-electron chi connectivity index (χ3n) is 5.09. The summed E-state index contributed by atoms with van der Waals surface area (Å²) in [6.07, 6.45) is 2.52. The number of hydrogen-bond donors (Lipinski definition) is 2. The van der Waals surface area contributed by atoms with Crippen molar-refractivity contribution in [2.75, 3.05) is 38.2 Å². The van der Waals surface area contributed by atoms with Crippen molar-refractivity contribution in [2.24, 2.45) is 5.92 Å². The third-order valence-corrected chi connectivity index (χ3v) is 5.09.